The molecule has 6 heteroatoms. The highest BCUT2D eigenvalue weighted by atomic mass is 16.4. The Morgan fingerprint density at radius 3 is 2.47 bits per heavy atom. The number of carbonyl (C=O) groups excluding carboxylic acids is 1. The van der Waals surface area contributed by atoms with E-state index in [1.165, 1.54) is 17.0 Å². The number of carboxylic acids is 1. The zero-order valence-electron chi connectivity index (χ0n) is 10.3. The quantitative estimate of drug-likeness (QED) is 0.866. The first-order chi connectivity index (χ1) is 9.08. The number of amides is 1. The molecule has 0 bridgehead atoms. The number of aromatic amines is 1. The second kappa shape index (κ2) is 5.34. The number of hydrogen-bond donors (Lipinski definition) is 2. The summed E-state index contributed by atoms with van der Waals surface area (Å²) in [6.07, 6.45) is 1.81. The average Bonchev–Trinajstić information content (AvgIpc) is 2.90. The summed E-state index contributed by atoms with van der Waals surface area (Å²) in [5.74, 6) is -1.09. The Balaban J connectivity index is 2.08. The van der Waals surface area contributed by atoms with E-state index in [1.54, 1.807) is 31.4 Å². The van der Waals surface area contributed by atoms with Gasteiger partial charge in [-0.2, -0.15) is 5.10 Å². The van der Waals surface area contributed by atoms with Crippen LogP contribution in [0.4, 0.5) is 5.69 Å². The molecule has 1 aromatic heterocycles. The number of nitrogens with one attached hydrogen (secondary N) is 1. The van der Waals surface area contributed by atoms with Crippen molar-refractivity contribution < 1.29 is 14.7 Å². The Hall–Kier alpha value is -2.63. The van der Waals surface area contributed by atoms with Crippen LogP contribution in [0.2, 0.25) is 0 Å². The van der Waals surface area contributed by atoms with Gasteiger partial charge in [-0.1, -0.05) is 0 Å². The zero-order valence-corrected chi connectivity index (χ0v) is 10.3. The zero-order chi connectivity index (χ0) is 13.8. The van der Waals surface area contributed by atoms with Crippen molar-refractivity contribution in [3.8, 4) is 0 Å². The molecule has 2 N–H and O–H groups in total. The van der Waals surface area contributed by atoms with E-state index in [4.69, 9.17) is 5.11 Å². The molecule has 1 aromatic carbocycles. The molecule has 1 amide bonds. The summed E-state index contributed by atoms with van der Waals surface area (Å²) in [5, 5.41) is 15.3. The molecule has 98 valence electrons. The van der Waals surface area contributed by atoms with Gasteiger partial charge in [0.05, 0.1) is 12.0 Å². The van der Waals surface area contributed by atoms with Gasteiger partial charge in [-0.3, -0.25) is 9.89 Å². The lowest BCUT2D eigenvalue weighted by molar-refractivity contribution is -0.117. The number of likely N-dealkylation sites (N-methyl/N-ethyl adjacent to an activating group) is 1. The Morgan fingerprint density at radius 1 is 1.26 bits per heavy atom. The monoisotopic (exact) mass is 259 g/mol. The molecule has 0 spiro atoms. The Bertz CT molecular complexity index is 576. The third-order valence-electron chi connectivity index (χ3n) is 2.78. The van der Waals surface area contributed by atoms with Crippen LogP contribution in [-0.2, 0) is 11.2 Å². The van der Waals surface area contributed by atoms with Gasteiger partial charge < -0.3 is 10.0 Å². The number of hydrogen-bond acceptors (Lipinski definition) is 3. The molecule has 0 aliphatic rings. The van der Waals surface area contributed by atoms with Crippen molar-refractivity contribution in [3.63, 3.8) is 0 Å². The number of nitrogens with zero attached hydrogens (tertiary/aromatic N) is 2. The van der Waals surface area contributed by atoms with Crippen molar-refractivity contribution in [1.29, 1.82) is 0 Å². The van der Waals surface area contributed by atoms with Gasteiger partial charge in [-0.15, -0.1) is 0 Å². The molecule has 0 saturated carbocycles. The lowest BCUT2D eigenvalue weighted by atomic mass is 10.2. The maximum absolute atomic E-state index is 12.0. The molecule has 6 nitrogen and oxygen atoms in total. The third-order valence-corrected chi connectivity index (χ3v) is 2.78. The first-order valence-corrected chi connectivity index (χ1v) is 5.66. The molecular formula is C13H13N3O3. The number of H-pyrrole nitrogens is 1. The number of anilines is 1. The first kappa shape index (κ1) is 12.8. The molecule has 0 aliphatic carbocycles. The molecule has 0 fully saturated rings. The molecule has 2 aromatic rings. The van der Waals surface area contributed by atoms with Crippen LogP contribution >= 0.6 is 0 Å². The van der Waals surface area contributed by atoms with Crippen LogP contribution in [-0.4, -0.2) is 34.2 Å². The second-order valence-corrected chi connectivity index (χ2v) is 4.06. The molecule has 0 unspecified atom stereocenters. The predicted octanol–water partition coefficient (Wildman–Crippen LogP) is 1.31. The lowest BCUT2D eigenvalue weighted by Crippen LogP contribution is -2.27. The lowest BCUT2D eigenvalue weighted by Gasteiger charge is -2.17. The van der Waals surface area contributed by atoms with Crippen LogP contribution in [0.1, 0.15) is 16.1 Å². The van der Waals surface area contributed by atoms with E-state index in [-0.39, 0.29) is 17.9 Å². The molecule has 0 aliphatic heterocycles. The number of carboxylic acid groups (broad SMARTS) is 1. The van der Waals surface area contributed by atoms with Crippen LogP contribution in [0.3, 0.4) is 0 Å². The fraction of sp³-hybridized carbons (Fsp3) is 0.154. The third kappa shape index (κ3) is 2.98. The second-order valence-electron chi connectivity index (χ2n) is 4.06. The van der Waals surface area contributed by atoms with E-state index in [9.17, 15) is 9.59 Å². The molecule has 19 heavy (non-hydrogen) atoms. The smallest absolute Gasteiger partial charge is 0.335 e. The van der Waals surface area contributed by atoms with Crippen LogP contribution in [0.5, 0.6) is 0 Å². The standard InChI is InChI=1S/C13H13N3O3/c1-16(12(17)8-10-6-7-14-15-10)11-4-2-9(3-5-11)13(18)19/h2-7H,8H2,1H3,(H,14,15)(H,18,19). The fourth-order valence-electron chi connectivity index (χ4n) is 1.64. The summed E-state index contributed by atoms with van der Waals surface area (Å²) in [4.78, 5) is 24.2. The molecule has 2 rings (SSSR count). The average molecular weight is 259 g/mol. The normalized spacial score (nSPS) is 10.2. The summed E-state index contributed by atoms with van der Waals surface area (Å²) in [6, 6.07) is 7.89. The van der Waals surface area contributed by atoms with Crippen molar-refractivity contribution in [1.82, 2.24) is 10.2 Å². The van der Waals surface area contributed by atoms with Gasteiger partial charge in [-0.05, 0) is 30.3 Å². The Morgan fingerprint density at radius 2 is 1.95 bits per heavy atom. The van der Waals surface area contributed by atoms with E-state index in [0.29, 0.717) is 5.69 Å². The minimum absolute atomic E-state index is 0.104. The highest BCUT2D eigenvalue weighted by molar-refractivity contribution is 5.95. The number of aromatic carboxylic acids is 1. The van der Waals surface area contributed by atoms with Gasteiger partial charge in [-0.25, -0.2) is 4.79 Å². The molecule has 1 heterocycles. The van der Waals surface area contributed by atoms with Crippen molar-refractivity contribution in [2.45, 2.75) is 6.42 Å². The molecule has 0 atom stereocenters. The van der Waals surface area contributed by atoms with Gasteiger partial charge in [0.2, 0.25) is 5.91 Å². The van der Waals surface area contributed by atoms with Gasteiger partial charge >= 0.3 is 5.97 Å². The van der Waals surface area contributed by atoms with Gasteiger partial charge in [0.25, 0.3) is 0 Å². The van der Waals surface area contributed by atoms with E-state index in [2.05, 4.69) is 10.2 Å². The predicted molar refractivity (Wildman–Crippen MR) is 69.1 cm³/mol. The van der Waals surface area contributed by atoms with Crippen LogP contribution in [0, 0.1) is 0 Å². The minimum Gasteiger partial charge on any atom is -0.478 e. The van der Waals surface area contributed by atoms with Crippen LogP contribution in [0.15, 0.2) is 36.5 Å². The molecular weight excluding hydrogens is 246 g/mol. The highest BCUT2D eigenvalue weighted by Gasteiger charge is 2.13. The summed E-state index contributed by atoms with van der Waals surface area (Å²) in [6.45, 7) is 0. The van der Waals surface area contributed by atoms with Crippen molar-refractivity contribution >= 4 is 17.6 Å². The number of carbonyl (C=O) groups is 2. The van der Waals surface area contributed by atoms with E-state index < -0.39 is 5.97 Å². The van der Waals surface area contributed by atoms with Gasteiger partial charge in [0.15, 0.2) is 0 Å². The molecule has 0 saturated heterocycles. The fourth-order valence-corrected chi connectivity index (χ4v) is 1.64. The first-order valence-electron chi connectivity index (χ1n) is 5.66. The van der Waals surface area contributed by atoms with E-state index in [0.717, 1.165) is 5.69 Å². The minimum atomic E-state index is -0.988. The topological polar surface area (TPSA) is 86.3 Å². The SMILES string of the molecule is CN(C(=O)Cc1ccn[nH]1)c1ccc(C(=O)O)cc1. The maximum atomic E-state index is 12.0. The van der Waals surface area contributed by atoms with E-state index in [1.807, 2.05) is 0 Å². The summed E-state index contributed by atoms with van der Waals surface area (Å²) in [7, 11) is 1.65. The summed E-state index contributed by atoms with van der Waals surface area (Å²) in [5.41, 5.74) is 1.58. The van der Waals surface area contributed by atoms with Crippen LogP contribution < -0.4 is 4.90 Å². The summed E-state index contributed by atoms with van der Waals surface area (Å²) >= 11 is 0. The largest absolute Gasteiger partial charge is 0.478 e. The summed E-state index contributed by atoms with van der Waals surface area (Å²) < 4.78 is 0. The number of aromatic nitrogens is 2. The maximum Gasteiger partial charge on any atom is 0.335 e. The number of benzene rings is 1. The van der Waals surface area contributed by atoms with E-state index >= 15 is 0 Å². The van der Waals surface area contributed by atoms with Gasteiger partial charge in [0, 0.05) is 24.6 Å². The van der Waals surface area contributed by atoms with Gasteiger partial charge in [0.1, 0.15) is 0 Å². The molecule has 0 radical (unpaired) electrons. The van der Waals surface area contributed by atoms with Crippen molar-refractivity contribution in [2.75, 3.05) is 11.9 Å². The van der Waals surface area contributed by atoms with Crippen LogP contribution in [0.25, 0.3) is 0 Å². The van der Waals surface area contributed by atoms with Crippen molar-refractivity contribution in [2.24, 2.45) is 0 Å². The van der Waals surface area contributed by atoms with Crippen molar-refractivity contribution in [3.05, 3.63) is 47.8 Å². The number of rotatable bonds is 4. The highest BCUT2D eigenvalue weighted by Crippen LogP contribution is 2.15. The Kier molecular flexibility index (Phi) is 3.61. The Labute approximate surface area is 109 Å².